The summed E-state index contributed by atoms with van der Waals surface area (Å²) in [6, 6.07) is 7.96. The van der Waals surface area contributed by atoms with E-state index >= 15 is 0 Å². The highest BCUT2D eigenvalue weighted by Gasteiger charge is 2.41. The fraction of sp³-hybridized carbons (Fsp3) is 0.400. The van der Waals surface area contributed by atoms with Gasteiger partial charge in [0.2, 0.25) is 0 Å². The van der Waals surface area contributed by atoms with E-state index in [0.717, 1.165) is 10.0 Å². The summed E-state index contributed by atoms with van der Waals surface area (Å²) < 4.78 is 12.1. The molecule has 0 spiro atoms. The first-order valence-corrected chi connectivity index (χ1v) is 5.01. The number of hydrogen-bond donors (Lipinski definition) is 0. The lowest BCUT2D eigenvalue weighted by Crippen LogP contribution is -2.47. The van der Waals surface area contributed by atoms with Gasteiger partial charge in [-0.15, -0.1) is 0 Å². The molecule has 0 radical (unpaired) electrons. The van der Waals surface area contributed by atoms with Gasteiger partial charge < -0.3 is 9.47 Å². The Hall–Kier alpha value is -0.380. The molecule has 0 atom stereocenters. The lowest BCUT2D eigenvalue weighted by molar-refractivity contribution is -0.448. The van der Waals surface area contributed by atoms with Gasteiger partial charge in [0.05, 0.1) is 0 Å². The predicted octanol–water partition coefficient (Wildman–Crippen LogP) is 3.01. The van der Waals surface area contributed by atoms with E-state index in [0.29, 0.717) is 0 Å². The highest BCUT2D eigenvalue weighted by atomic mass is 79.9. The van der Waals surface area contributed by atoms with Crippen LogP contribution in [0.25, 0.3) is 0 Å². The first-order chi connectivity index (χ1) is 6.10. The summed E-state index contributed by atoms with van der Waals surface area (Å²) in [6.07, 6.45) is -0.0892. The minimum absolute atomic E-state index is 0.0892. The van der Waals surface area contributed by atoms with Crippen molar-refractivity contribution in [1.82, 2.24) is 0 Å². The number of benzene rings is 1. The molecule has 0 aromatic heterocycles. The average Bonchev–Trinajstić information content (AvgIpc) is 2.03. The van der Waals surface area contributed by atoms with Crippen LogP contribution in [0, 0.1) is 0 Å². The maximum absolute atomic E-state index is 5.51. The minimum Gasteiger partial charge on any atom is -0.317 e. The van der Waals surface area contributed by atoms with Crippen molar-refractivity contribution in [3.8, 4) is 0 Å². The summed E-state index contributed by atoms with van der Waals surface area (Å²) in [5.74, 6) is -0.542. The Balaban J connectivity index is 2.22. The normalized spacial score (nSPS) is 32.7. The van der Waals surface area contributed by atoms with Crippen LogP contribution in [0.2, 0.25) is 0 Å². The van der Waals surface area contributed by atoms with Crippen molar-refractivity contribution in [2.45, 2.75) is 25.9 Å². The number of halogens is 1. The number of hydrogen-bond acceptors (Lipinski definition) is 2. The van der Waals surface area contributed by atoms with Crippen LogP contribution in [0.1, 0.15) is 19.4 Å². The lowest BCUT2D eigenvalue weighted by atomic mass is 10.1. The average molecular weight is 243 g/mol. The molecule has 0 aliphatic carbocycles. The maximum Gasteiger partial charge on any atom is 0.197 e. The van der Waals surface area contributed by atoms with E-state index in [1.807, 2.05) is 38.1 Å². The second kappa shape index (κ2) is 3.08. The van der Waals surface area contributed by atoms with Gasteiger partial charge in [0.1, 0.15) is 0 Å². The van der Waals surface area contributed by atoms with Crippen molar-refractivity contribution in [3.63, 3.8) is 0 Å². The second-order valence-corrected chi connectivity index (χ2v) is 4.17. The maximum atomic E-state index is 5.51. The van der Waals surface area contributed by atoms with Crippen molar-refractivity contribution < 1.29 is 9.47 Å². The first kappa shape index (κ1) is 9.19. The molecule has 1 saturated heterocycles. The molecular formula is C10H11BrO2. The molecule has 0 unspecified atom stereocenters. The molecule has 1 aromatic rings. The van der Waals surface area contributed by atoms with E-state index in [4.69, 9.17) is 9.47 Å². The fourth-order valence-corrected chi connectivity index (χ4v) is 1.80. The van der Waals surface area contributed by atoms with Gasteiger partial charge in [-0.1, -0.05) is 28.1 Å². The predicted molar refractivity (Wildman–Crippen MR) is 53.1 cm³/mol. The summed E-state index contributed by atoms with van der Waals surface area (Å²) >= 11 is 3.38. The molecule has 0 bridgehead atoms. The Bertz CT molecular complexity index is 301. The highest BCUT2D eigenvalue weighted by molar-refractivity contribution is 9.10. The van der Waals surface area contributed by atoms with E-state index in [-0.39, 0.29) is 6.29 Å². The molecule has 0 saturated carbocycles. The van der Waals surface area contributed by atoms with Crippen LogP contribution < -0.4 is 0 Å². The third-order valence-corrected chi connectivity index (χ3v) is 2.68. The van der Waals surface area contributed by atoms with E-state index in [9.17, 15) is 0 Å². The van der Waals surface area contributed by atoms with Gasteiger partial charge in [-0.25, -0.2) is 0 Å². The molecule has 1 fully saturated rings. The second-order valence-electron chi connectivity index (χ2n) is 3.26. The molecule has 2 rings (SSSR count). The van der Waals surface area contributed by atoms with Gasteiger partial charge in [0, 0.05) is 10.0 Å². The van der Waals surface area contributed by atoms with E-state index in [1.165, 1.54) is 0 Å². The van der Waals surface area contributed by atoms with Crippen molar-refractivity contribution in [3.05, 3.63) is 34.3 Å². The summed E-state index contributed by atoms with van der Waals surface area (Å²) in [6.45, 7) is 3.82. The lowest BCUT2D eigenvalue weighted by Gasteiger charge is -2.43. The van der Waals surface area contributed by atoms with Crippen molar-refractivity contribution in [2.24, 2.45) is 0 Å². The molecule has 3 heteroatoms. The van der Waals surface area contributed by atoms with Crippen molar-refractivity contribution in [2.75, 3.05) is 0 Å². The van der Waals surface area contributed by atoms with E-state index in [2.05, 4.69) is 15.9 Å². The topological polar surface area (TPSA) is 18.5 Å². The van der Waals surface area contributed by atoms with Gasteiger partial charge in [-0.05, 0) is 26.0 Å². The molecular weight excluding hydrogens is 232 g/mol. The van der Waals surface area contributed by atoms with Crippen LogP contribution in [-0.2, 0) is 15.3 Å². The van der Waals surface area contributed by atoms with Gasteiger partial charge in [-0.3, -0.25) is 0 Å². The van der Waals surface area contributed by atoms with E-state index in [1.54, 1.807) is 0 Å². The van der Waals surface area contributed by atoms with Crippen LogP contribution in [0.4, 0.5) is 0 Å². The highest BCUT2D eigenvalue weighted by Crippen LogP contribution is 2.38. The fourth-order valence-electron chi connectivity index (χ4n) is 1.53. The SMILES string of the molecule is CC1OC(C)(c2ccc(Br)cc2)O1. The molecule has 1 aliphatic rings. The van der Waals surface area contributed by atoms with Crippen LogP contribution in [0.3, 0.4) is 0 Å². The smallest absolute Gasteiger partial charge is 0.197 e. The van der Waals surface area contributed by atoms with Crippen molar-refractivity contribution in [1.29, 1.82) is 0 Å². The van der Waals surface area contributed by atoms with Gasteiger partial charge in [0.25, 0.3) is 0 Å². The zero-order valence-electron chi connectivity index (χ0n) is 7.58. The Morgan fingerprint density at radius 2 is 1.77 bits per heavy atom. The molecule has 1 aromatic carbocycles. The zero-order valence-corrected chi connectivity index (χ0v) is 9.17. The van der Waals surface area contributed by atoms with Crippen LogP contribution in [-0.4, -0.2) is 6.29 Å². The summed E-state index contributed by atoms with van der Waals surface area (Å²) in [4.78, 5) is 0. The molecule has 0 N–H and O–H groups in total. The summed E-state index contributed by atoms with van der Waals surface area (Å²) in [5, 5.41) is 0. The zero-order chi connectivity index (χ0) is 9.47. The first-order valence-electron chi connectivity index (χ1n) is 4.22. The molecule has 70 valence electrons. The van der Waals surface area contributed by atoms with Gasteiger partial charge in [-0.2, -0.15) is 0 Å². The molecule has 13 heavy (non-hydrogen) atoms. The molecule has 1 heterocycles. The quantitative estimate of drug-likeness (QED) is 0.754. The molecule has 2 nitrogen and oxygen atoms in total. The molecule has 1 aliphatic heterocycles. The molecule has 0 amide bonds. The number of ether oxygens (including phenoxy) is 2. The Morgan fingerprint density at radius 3 is 2.23 bits per heavy atom. The third-order valence-electron chi connectivity index (χ3n) is 2.15. The largest absolute Gasteiger partial charge is 0.317 e. The van der Waals surface area contributed by atoms with Crippen LogP contribution >= 0.6 is 15.9 Å². The monoisotopic (exact) mass is 242 g/mol. The van der Waals surface area contributed by atoms with Crippen LogP contribution in [0.15, 0.2) is 28.7 Å². The van der Waals surface area contributed by atoms with E-state index < -0.39 is 5.79 Å². The third kappa shape index (κ3) is 1.64. The summed E-state index contributed by atoms with van der Waals surface area (Å²) in [5.41, 5.74) is 1.05. The van der Waals surface area contributed by atoms with Crippen molar-refractivity contribution >= 4 is 15.9 Å². The van der Waals surface area contributed by atoms with Crippen LogP contribution in [0.5, 0.6) is 0 Å². The Kier molecular flexibility index (Phi) is 2.18. The Labute approximate surface area is 86.0 Å². The number of rotatable bonds is 1. The van der Waals surface area contributed by atoms with Gasteiger partial charge >= 0.3 is 0 Å². The standard InChI is InChI=1S/C10H11BrO2/c1-7-12-10(2,13-7)8-3-5-9(11)6-4-8/h3-7H,1-2H3. The minimum atomic E-state index is -0.542. The Morgan fingerprint density at radius 1 is 1.23 bits per heavy atom. The van der Waals surface area contributed by atoms with Gasteiger partial charge in [0.15, 0.2) is 12.1 Å². The summed E-state index contributed by atoms with van der Waals surface area (Å²) in [7, 11) is 0.